The van der Waals surface area contributed by atoms with E-state index >= 15 is 0 Å². The fourth-order valence-electron chi connectivity index (χ4n) is 2.06. The van der Waals surface area contributed by atoms with Crippen LogP contribution in [-0.4, -0.2) is 19.8 Å². The molecule has 0 radical (unpaired) electrons. The number of rotatable bonds is 3. The topological polar surface area (TPSA) is 21.3 Å². The highest BCUT2D eigenvalue weighted by molar-refractivity contribution is 5.48. The van der Waals surface area contributed by atoms with Crippen LogP contribution in [0.1, 0.15) is 24.0 Å². The Morgan fingerprint density at radius 3 is 2.62 bits per heavy atom. The number of anilines is 1. The summed E-state index contributed by atoms with van der Waals surface area (Å²) in [6.45, 7) is 7.25. The van der Waals surface area contributed by atoms with Crippen molar-refractivity contribution in [2.24, 2.45) is 5.92 Å². The van der Waals surface area contributed by atoms with Crippen molar-refractivity contribution in [3.63, 3.8) is 0 Å². The Hall–Kier alpha value is -1.02. The molecule has 1 aromatic rings. The quantitative estimate of drug-likeness (QED) is 0.843. The van der Waals surface area contributed by atoms with Crippen LogP contribution in [0.25, 0.3) is 0 Å². The van der Waals surface area contributed by atoms with E-state index in [1.165, 1.54) is 29.7 Å². The second-order valence-electron chi connectivity index (χ2n) is 4.74. The highest BCUT2D eigenvalue weighted by Gasteiger charge is 2.13. The molecule has 2 heteroatoms. The maximum Gasteiger partial charge on any atom is 0.0469 e. The zero-order valence-electron chi connectivity index (χ0n) is 10.3. The molecule has 2 rings (SSSR count). The van der Waals surface area contributed by atoms with Crippen molar-refractivity contribution in [1.82, 2.24) is 0 Å². The van der Waals surface area contributed by atoms with Crippen molar-refractivity contribution in [1.29, 1.82) is 0 Å². The third kappa shape index (κ3) is 2.99. The molecule has 1 fully saturated rings. The lowest BCUT2D eigenvalue weighted by Gasteiger charge is -2.22. The van der Waals surface area contributed by atoms with Gasteiger partial charge in [0, 0.05) is 25.4 Å². The first-order valence-corrected chi connectivity index (χ1v) is 6.14. The number of aryl methyl sites for hydroxylation is 2. The minimum Gasteiger partial charge on any atom is -0.385 e. The third-order valence-corrected chi connectivity index (χ3v) is 3.44. The van der Waals surface area contributed by atoms with Crippen LogP contribution in [0, 0.1) is 19.8 Å². The Balaban J connectivity index is 1.86. The van der Waals surface area contributed by atoms with E-state index in [9.17, 15) is 0 Å². The molecule has 0 amide bonds. The number of hydrogen-bond donors (Lipinski definition) is 1. The Morgan fingerprint density at radius 1 is 1.19 bits per heavy atom. The lowest BCUT2D eigenvalue weighted by molar-refractivity contribution is 0.0699. The third-order valence-electron chi connectivity index (χ3n) is 3.44. The molecule has 1 aliphatic heterocycles. The first-order valence-electron chi connectivity index (χ1n) is 6.14. The average Bonchev–Trinajstić information content (AvgIpc) is 2.32. The number of benzene rings is 1. The summed E-state index contributed by atoms with van der Waals surface area (Å²) in [7, 11) is 0. The van der Waals surface area contributed by atoms with Crippen molar-refractivity contribution in [2.75, 3.05) is 25.1 Å². The van der Waals surface area contributed by atoms with Crippen LogP contribution in [-0.2, 0) is 4.74 Å². The number of ether oxygens (including phenoxy) is 1. The summed E-state index contributed by atoms with van der Waals surface area (Å²) in [5.74, 6) is 0.773. The highest BCUT2D eigenvalue weighted by Crippen LogP contribution is 2.18. The summed E-state index contributed by atoms with van der Waals surface area (Å²) in [5.41, 5.74) is 3.96. The van der Waals surface area contributed by atoms with Gasteiger partial charge >= 0.3 is 0 Å². The van der Waals surface area contributed by atoms with Crippen LogP contribution < -0.4 is 5.32 Å². The summed E-state index contributed by atoms with van der Waals surface area (Å²) in [6.07, 6.45) is 2.38. The van der Waals surface area contributed by atoms with E-state index < -0.39 is 0 Å². The minimum atomic E-state index is 0.773. The predicted octanol–water partition coefficient (Wildman–Crippen LogP) is 3.14. The monoisotopic (exact) mass is 219 g/mol. The first kappa shape index (κ1) is 11.5. The SMILES string of the molecule is Cc1ccc(NCC2CCOCC2)cc1C. The molecular formula is C14H21NO. The standard InChI is InChI=1S/C14H21NO/c1-11-3-4-14(9-12(11)2)15-10-13-5-7-16-8-6-13/h3-4,9,13,15H,5-8,10H2,1-2H3. The molecule has 1 aromatic carbocycles. The zero-order valence-corrected chi connectivity index (χ0v) is 10.3. The van der Waals surface area contributed by atoms with Gasteiger partial charge in [-0.3, -0.25) is 0 Å². The van der Waals surface area contributed by atoms with Crippen molar-refractivity contribution in [3.8, 4) is 0 Å². The smallest absolute Gasteiger partial charge is 0.0469 e. The van der Waals surface area contributed by atoms with Crippen LogP contribution in [0.15, 0.2) is 18.2 Å². The summed E-state index contributed by atoms with van der Waals surface area (Å²) in [5, 5.41) is 3.53. The molecule has 0 aromatic heterocycles. The lowest BCUT2D eigenvalue weighted by atomic mass is 10.0. The van der Waals surface area contributed by atoms with Crippen LogP contribution in [0.2, 0.25) is 0 Å². The van der Waals surface area contributed by atoms with Gasteiger partial charge in [-0.2, -0.15) is 0 Å². The number of hydrogen-bond acceptors (Lipinski definition) is 2. The summed E-state index contributed by atoms with van der Waals surface area (Å²) in [4.78, 5) is 0. The van der Waals surface area contributed by atoms with Crippen LogP contribution in [0.5, 0.6) is 0 Å². The molecule has 1 N–H and O–H groups in total. The van der Waals surface area contributed by atoms with E-state index in [-0.39, 0.29) is 0 Å². The minimum absolute atomic E-state index is 0.773. The van der Waals surface area contributed by atoms with Gasteiger partial charge in [-0.1, -0.05) is 6.07 Å². The van der Waals surface area contributed by atoms with E-state index in [4.69, 9.17) is 4.74 Å². The van der Waals surface area contributed by atoms with Gasteiger partial charge in [0.15, 0.2) is 0 Å². The second-order valence-corrected chi connectivity index (χ2v) is 4.74. The Bertz CT molecular complexity index is 343. The molecule has 1 heterocycles. The second kappa shape index (κ2) is 5.35. The summed E-state index contributed by atoms with van der Waals surface area (Å²) in [6, 6.07) is 6.58. The van der Waals surface area contributed by atoms with Gasteiger partial charge in [0.1, 0.15) is 0 Å². The molecular weight excluding hydrogens is 198 g/mol. The van der Waals surface area contributed by atoms with E-state index in [2.05, 4.69) is 37.4 Å². The van der Waals surface area contributed by atoms with Gasteiger partial charge in [-0.15, -0.1) is 0 Å². The largest absolute Gasteiger partial charge is 0.385 e. The van der Waals surface area contributed by atoms with Crippen LogP contribution in [0.4, 0.5) is 5.69 Å². The van der Waals surface area contributed by atoms with Crippen molar-refractivity contribution in [2.45, 2.75) is 26.7 Å². The predicted molar refractivity (Wildman–Crippen MR) is 67.9 cm³/mol. The van der Waals surface area contributed by atoms with Crippen molar-refractivity contribution in [3.05, 3.63) is 29.3 Å². The van der Waals surface area contributed by atoms with Crippen molar-refractivity contribution < 1.29 is 4.74 Å². The molecule has 0 unspecified atom stereocenters. The van der Waals surface area contributed by atoms with Gasteiger partial charge in [0.25, 0.3) is 0 Å². The molecule has 1 saturated heterocycles. The molecule has 16 heavy (non-hydrogen) atoms. The van der Waals surface area contributed by atoms with Gasteiger partial charge in [0.05, 0.1) is 0 Å². The fraction of sp³-hybridized carbons (Fsp3) is 0.571. The Morgan fingerprint density at radius 2 is 1.94 bits per heavy atom. The summed E-state index contributed by atoms with van der Waals surface area (Å²) < 4.78 is 5.36. The van der Waals surface area contributed by atoms with Crippen LogP contribution in [0.3, 0.4) is 0 Å². The fourth-order valence-corrected chi connectivity index (χ4v) is 2.06. The van der Waals surface area contributed by atoms with Crippen LogP contribution >= 0.6 is 0 Å². The molecule has 0 bridgehead atoms. The maximum atomic E-state index is 5.36. The van der Waals surface area contributed by atoms with E-state index in [1.54, 1.807) is 0 Å². The van der Waals surface area contributed by atoms with Gasteiger partial charge in [-0.05, 0) is 55.9 Å². The number of nitrogens with one attached hydrogen (secondary N) is 1. The molecule has 0 spiro atoms. The maximum absolute atomic E-state index is 5.36. The normalized spacial score (nSPS) is 17.4. The molecule has 88 valence electrons. The summed E-state index contributed by atoms with van der Waals surface area (Å²) >= 11 is 0. The molecule has 0 saturated carbocycles. The molecule has 2 nitrogen and oxygen atoms in total. The Labute approximate surface area is 98.0 Å². The zero-order chi connectivity index (χ0) is 11.4. The van der Waals surface area contributed by atoms with E-state index in [1.807, 2.05) is 0 Å². The van der Waals surface area contributed by atoms with Gasteiger partial charge in [0.2, 0.25) is 0 Å². The highest BCUT2D eigenvalue weighted by atomic mass is 16.5. The average molecular weight is 219 g/mol. The van der Waals surface area contributed by atoms with Gasteiger partial charge < -0.3 is 10.1 Å². The Kier molecular flexibility index (Phi) is 3.83. The molecule has 0 atom stereocenters. The molecule has 1 aliphatic rings. The first-order chi connectivity index (χ1) is 7.75. The lowest BCUT2D eigenvalue weighted by Crippen LogP contribution is -2.22. The van der Waals surface area contributed by atoms with E-state index in [0.717, 1.165) is 25.7 Å². The van der Waals surface area contributed by atoms with Crippen molar-refractivity contribution >= 4 is 5.69 Å². The van der Waals surface area contributed by atoms with E-state index in [0.29, 0.717) is 0 Å². The van der Waals surface area contributed by atoms with Gasteiger partial charge in [-0.25, -0.2) is 0 Å². The molecule has 0 aliphatic carbocycles.